The second kappa shape index (κ2) is 7.36. The Hall–Kier alpha value is -2.13. The number of rotatable bonds is 6. The van der Waals surface area contributed by atoms with Gasteiger partial charge in [0, 0.05) is 19.0 Å². The largest absolute Gasteiger partial charge is 0.477 e. The minimum absolute atomic E-state index is 0.0931. The fourth-order valence-electron chi connectivity index (χ4n) is 4.60. The second-order valence-corrected chi connectivity index (χ2v) is 13.0. The molecule has 0 spiro atoms. The molecule has 0 bridgehead atoms. The van der Waals surface area contributed by atoms with Gasteiger partial charge in [0.15, 0.2) is 8.32 Å². The first-order chi connectivity index (χ1) is 13.1. The van der Waals surface area contributed by atoms with Crippen molar-refractivity contribution in [1.82, 2.24) is 9.80 Å². The van der Waals surface area contributed by atoms with E-state index in [0.717, 1.165) is 5.57 Å². The monoisotopic (exact) mass is 408 g/mol. The van der Waals surface area contributed by atoms with Crippen LogP contribution in [0.5, 0.6) is 0 Å². The van der Waals surface area contributed by atoms with Gasteiger partial charge in [-0.25, -0.2) is 9.59 Å². The van der Waals surface area contributed by atoms with E-state index < -0.39 is 26.3 Å². The molecule has 1 N–H and O–H groups in total. The summed E-state index contributed by atoms with van der Waals surface area (Å²) in [6, 6.07) is -0.282. The van der Waals surface area contributed by atoms with Crippen LogP contribution < -0.4 is 0 Å². The molecule has 2 saturated heterocycles. The lowest BCUT2D eigenvalue weighted by molar-refractivity contribution is -0.163. The summed E-state index contributed by atoms with van der Waals surface area (Å²) in [6.07, 6.45) is 1.19. The molecule has 3 rings (SSSR count). The Kier molecular flexibility index (Phi) is 5.41. The third-order valence-corrected chi connectivity index (χ3v) is 6.57. The highest BCUT2D eigenvalue weighted by molar-refractivity contribution is 6.69. The number of nitrogens with zero attached hydrogens (tertiary/aromatic N) is 2. The van der Waals surface area contributed by atoms with Gasteiger partial charge in [0.25, 0.3) is 0 Å². The lowest BCUT2D eigenvalue weighted by Gasteiger charge is -2.49. The van der Waals surface area contributed by atoms with Gasteiger partial charge < -0.3 is 24.1 Å². The zero-order chi connectivity index (χ0) is 20.8. The number of fused-ring (bicyclic) bond motifs is 3. The van der Waals surface area contributed by atoms with Gasteiger partial charge in [-0.3, -0.25) is 4.79 Å². The Bertz CT molecular complexity index is 743. The fraction of sp³-hybridized carbons (Fsp3) is 0.632. The summed E-state index contributed by atoms with van der Waals surface area (Å²) in [5.74, 6) is -1.88. The van der Waals surface area contributed by atoms with Crippen molar-refractivity contribution in [3.8, 4) is 0 Å². The Morgan fingerprint density at radius 2 is 2.07 bits per heavy atom. The number of carbonyl (C=O) groups is 3. The van der Waals surface area contributed by atoms with Crippen LogP contribution in [0.4, 0.5) is 4.79 Å². The first kappa shape index (κ1) is 20.6. The van der Waals surface area contributed by atoms with Crippen molar-refractivity contribution in [2.24, 2.45) is 11.8 Å². The van der Waals surface area contributed by atoms with Crippen LogP contribution in [0.2, 0.25) is 19.6 Å². The van der Waals surface area contributed by atoms with Crippen LogP contribution in [-0.4, -0.2) is 73.0 Å². The molecule has 3 heterocycles. The number of piperidine rings is 1. The Balaban J connectivity index is 1.84. The van der Waals surface area contributed by atoms with E-state index in [-0.39, 0.29) is 36.3 Å². The quantitative estimate of drug-likeness (QED) is 0.410. The van der Waals surface area contributed by atoms with Crippen molar-refractivity contribution in [2.45, 2.75) is 45.1 Å². The first-order valence-electron chi connectivity index (χ1n) is 9.56. The van der Waals surface area contributed by atoms with Crippen molar-refractivity contribution in [3.05, 3.63) is 23.9 Å². The van der Waals surface area contributed by atoms with E-state index in [0.29, 0.717) is 19.5 Å². The number of amides is 2. The molecule has 3 aliphatic heterocycles. The minimum Gasteiger partial charge on any atom is -0.477 e. The Morgan fingerprint density at radius 3 is 2.64 bits per heavy atom. The normalized spacial score (nSPS) is 27.7. The summed E-state index contributed by atoms with van der Waals surface area (Å²) in [7, 11) is -1.86. The van der Waals surface area contributed by atoms with Gasteiger partial charge in [-0.15, -0.1) is 0 Å². The van der Waals surface area contributed by atoms with E-state index in [1.54, 1.807) is 4.90 Å². The van der Waals surface area contributed by atoms with Crippen molar-refractivity contribution < 1.29 is 28.7 Å². The molecule has 8 nitrogen and oxygen atoms in total. The molecule has 3 aliphatic rings. The molecule has 4 atom stereocenters. The average molecular weight is 409 g/mol. The molecule has 28 heavy (non-hydrogen) atoms. The van der Waals surface area contributed by atoms with Gasteiger partial charge >= 0.3 is 12.1 Å². The highest BCUT2D eigenvalue weighted by Crippen LogP contribution is 2.50. The van der Waals surface area contributed by atoms with Gasteiger partial charge in [0.2, 0.25) is 5.91 Å². The zero-order valence-electron chi connectivity index (χ0n) is 16.8. The summed E-state index contributed by atoms with van der Waals surface area (Å²) in [5.41, 5.74) is 0.844. The lowest BCUT2D eigenvalue weighted by Crippen LogP contribution is -2.66. The topological polar surface area (TPSA) is 96.4 Å². The number of likely N-dealkylation sites (tertiary alicyclic amines) is 1. The van der Waals surface area contributed by atoms with Crippen molar-refractivity contribution in [2.75, 3.05) is 19.7 Å². The standard InChI is InChI=1S/C19H28N2O6Si/c1-6-9-26-19(25)20-8-7-12-13(10-20)15-14(11(2)27-28(3,4)5)17(22)21(15)16(12)18(23)24/h6,11,13-15H,1,7-10H2,2-5H3,(H,23,24)/t11-,13-,14-,15-/m1/s1. The van der Waals surface area contributed by atoms with Gasteiger partial charge in [-0.1, -0.05) is 12.7 Å². The molecule has 154 valence electrons. The van der Waals surface area contributed by atoms with Crippen LogP contribution in [0.1, 0.15) is 13.3 Å². The van der Waals surface area contributed by atoms with Gasteiger partial charge in [-0.2, -0.15) is 0 Å². The molecule has 0 saturated carbocycles. The molecule has 2 fully saturated rings. The zero-order valence-corrected chi connectivity index (χ0v) is 17.8. The van der Waals surface area contributed by atoms with Crippen LogP contribution in [-0.2, 0) is 18.8 Å². The molecule has 0 aromatic heterocycles. The van der Waals surface area contributed by atoms with E-state index in [9.17, 15) is 19.5 Å². The summed E-state index contributed by atoms with van der Waals surface area (Å²) in [6.45, 7) is 12.4. The summed E-state index contributed by atoms with van der Waals surface area (Å²) in [4.78, 5) is 40.0. The number of carboxylic acid groups (broad SMARTS) is 1. The number of carbonyl (C=O) groups excluding carboxylic acids is 2. The number of aliphatic carboxylic acids is 1. The Morgan fingerprint density at radius 1 is 1.39 bits per heavy atom. The molecule has 0 unspecified atom stereocenters. The number of ether oxygens (including phenoxy) is 1. The maximum Gasteiger partial charge on any atom is 0.410 e. The predicted octanol–water partition coefficient (Wildman–Crippen LogP) is 2.05. The molecular weight excluding hydrogens is 380 g/mol. The molecule has 0 aromatic rings. The van der Waals surface area contributed by atoms with Crippen molar-refractivity contribution in [3.63, 3.8) is 0 Å². The maximum absolute atomic E-state index is 12.8. The fourth-order valence-corrected chi connectivity index (χ4v) is 5.86. The van der Waals surface area contributed by atoms with Crippen LogP contribution in [0.3, 0.4) is 0 Å². The van der Waals surface area contributed by atoms with Gasteiger partial charge in [0.1, 0.15) is 12.3 Å². The third kappa shape index (κ3) is 3.48. The van der Waals surface area contributed by atoms with Crippen molar-refractivity contribution >= 4 is 26.3 Å². The second-order valence-electron chi connectivity index (χ2n) is 8.51. The van der Waals surface area contributed by atoms with Crippen molar-refractivity contribution in [1.29, 1.82) is 0 Å². The Labute approximate surface area is 165 Å². The summed E-state index contributed by atoms with van der Waals surface area (Å²) < 4.78 is 11.3. The van der Waals surface area contributed by atoms with Crippen LogP contribution in [0, 0.1) is 11.8 Å². The molecular formula is C19H28N2O6Si. The van der Waals surface area contributed by atoms with E-state index in [1.165, 1.54) is 11.0 Å². The van der Waals surface area contributed by atoms with Crippen LogP contribution in [0.25, 0.3) is 0 Å². The highest BCUT2D eigenvalue weighted by Gasteiger charge is 2.62. The number of hydrogen-bond donors (Lipinski definition) is 1. The van der Waals surface area contributed by atoms with E-state index in [1.807, 2.05) is 6.92 Å². The van der Waals surface area contributed by atoms with E-state index in [2.05, 4.69) is 26.2 Å². The van der Waals surface area contributed by atoms with Gasteiger partial charge in [-0.05, 0) is 38.6 Å². The molecule has 2 amide bonds. The lowest BCUT2D eigenvalue weighted by atomic mass is 9.75. The number of hydrogen-bond acceptors (Lipinski definition) is 5. The first-order valence-corrected chi connectivity index (χ1v) is 13.0. The third-order valence-electron chi connectivity index (χ3n) is 5.49. The van der Waals surface area contributed by atoms with Gasteiger partial charge in [0.05, 0.1) is 18.1 Å². The minimum atomic E-state index is -1.86. The predicted molar refractivity (Wildman–Crippen MR) is 104 cm³/mol. The van der Waals surface area contributed by atoms with E-state index >= 15 is 0 Å². The molecule has 0 aliphatic carbocycles. The molecule has 0 radical (unpaired) electrons. The highest BCUT2D eigenvalue weighted by atomic mass is 28.4. The SMILES string of the molecule is C=CCOC(=O)N1CCC2=C(C(=O)O)N3C(=O)[C@H]([C@@H](C)O[Si](C)(C)C)[C@H]3[C@@H]2C1. The van der Waals surface area contributed by atoms with E-state index in [4.69, 9.17) is 9.16 Å². The number of β-lactam (4-membered cyclic amide) rings is 1. The average Bonchev–Trinajstić information content (AvgIpc) is 2.88. The molecule has 9 heteroatoms. The summed E-state index contributed by atoms with van der Waals surface area (Å²) in [5, 5.41) is 9.70. The smallest absolute Gasteiger partial charge is 0.410 e. The number of carboxylic acids is 1. The van der Waals surface area contributed by atoms with Crippen LogP contribution >= 0.6 is 0 Å². The summed E-state index contributed by atoms with van der Waals surface area (Å²) >= 11 is 0. The maximum atomic E-state index is 12.8. The van der Waals surface area contributed by atoms with Crippen LogP contribution in [0.15, 0.2) is 23.9 Å². The molecule has 0 aromatic carbocycles.